The van der Waals surface area contributed by atoms with Crippen molar-refractivity contribution in [3.63, 3.8) is 0 Å². The van der Waals surface area contributed by atoms with Gasteiger partial charge in [0.1, 0.15) is 17.4 Å². The van der Waals surface area contributed by atoms with Gasteiger partial charge in [-0.25, -0.2) is 4.79 Å². The first-order valence-corrected chi connectivity index (χ1v) is 6.10. The number of methoxy groups -OCH3 is 1. The fourth-order valence-corrected chi connectivity index (χ4v) is 1.98. The molecule has 0 aliphatic carbocycles. The van der Waals surface area contributed by atoms with E-state index in [1.165, 1.54) is 13.2 Å². The molecule has 1 heterocycles. The van der Waals surface area contributed by atoms with Crippen LogP contribution in [0.4, 0.5) is 0 Å². The van der Waals surface area contributed by atoms with Gasteiger partial charge in [0.05, 0.1) is 7.11 Å². The van der Waals surface area contributed by atoms with Crippen molar-refractivity contribution in [2.24, 2.45) is 5.73 Å². The number of carboxylic acids is 1. The van der Waals surface area contributed by atoms with Gasteiger partial charge in [0, 0.05) is 17.5 Å². The zero-order chi connectivity index (χ0) is 14.7. The molecule has 2 rings (SSSR count). The summed E-state index contributed by atoms with van der Waals surface area (Å²) in [6.45, 7) is 0. The second kappa shape index (κ2) is 5.75. The molecule has 1 unspecified atom stereocenters. The maximum atomic E-state index is 11.5. The fraction of sp³-hybridized carbons (Fsp3) is 0.286. The lowest BCUT2D eigenvalue weighted by Crippen LogP contribution is -2.30. The number of carbonyl (C=O) groups is 1. The van der Waals surface area contributed by atoms with E-state index in [0.29, 0.717) is 17.8 Å². The Bertz CT molecular complexity index is 692. The van der Waals surface area contributed by atoms with Gasteiger partial charge < -0.3 is 20.0 Å². The van der Waals surface area contributed by atoms with E-state index in [1.807, 2.05) is 0 Å². The average molecular weight is 277 g/mol. The van der Waals surface area contributed by atoms with Crippen molar-refractivity contribution in [2.45, 2.75) is 18.9 Å². The number of fused-ring (bicyclic) bond motifs is 1. The predicted octanol–water partition coefficient (Wildman–Crippen LogP) is 1.15. The minimum Gasteiger partial charge on any atom is -0.497 e. The van der Waals surface area contributed by atoms with Crippen LogP contribution in [0.5, 0.6) is 5.75 Å². The molecule has 1 aromatic heterocycles. The van der Waals surface area contributed by atoms with E-state index in [1.54, 1.807) is 18.2 Å². The molecule has 1 aromatic carbocycles. The monoisotopic (exact) mass is 277 g/mol. The first-order valence-electron chi connectivity index (χ1n) is 6.10. The highest BCUT2D eigenvalue weighted by molar-refractivity contribution is 5.81. The Morgan fingerprint density at radius 1 is 1.45 bits per heavy atom. The summed E-state index contributed by atoms with van der Waals surface area (Å²) in [5.41, 5.74) is 6.12. The number of carboxylic acid groups (broad SMARTS) is 1. The van der Waals surface area contributed by atoms with Crippen LogP contribution in [-0.2, 0) is 11.2 Å². The van der Waals surface area contributed by atoms with E-state index in [-0.39, 0.29) is 6.42 Å². The average Bonchev–Trinajstić information content (AvgIpc) is 2.43. The smallest absolute Gasteiger partial charge is 0.336 e. The molecule has 0 aliphatic heterocycles. The summed E-state index contributed by atoms with van der Waals surface area (Å²) in [6.07, 6.45) is 0.641. The van der Waals surface area contributed by atoms with Crippen molar-refractivity contribution in [3.05, 3.63) is 40.2 Å². The zero-order valence-electron chi connectivity index (χ0n) is 11.0. The lowest BCUT2D eigenvalue weighted by molar-refractivity contribution is -0.138. The molecule has 0 fully saturated rings. The maximum Gasteiger partial charge on any atom is 0.336 e. The number of aliphatic carboxylic acids is 1. The van der Waals surface area contributed by atoms with Crippen molar-refractivity contribution < 1.29 is 19.1 Å². The molecule has 0 bridgehead atoms. The Labute approximate surface area is 114 Å². The normalized spacial score (nSPS) is 12.3. The molecular weight excluding hydrogens is 262 g/mol. The summed E-state index contributed by atoms with van der Waals surface area (Å²) >= 11 is 0. The Morgan fingerprint density at radius 2 is 2.20 bits per heavy atom. The SMILES string of the molecule is COc1ccc2c(CCC(N)C(=O)O)cc(=O)oc2c1. The molecule has 6 heteroatoms. The standard InChI is InChI=1S/C14H15NO5/c1-19-9-3-4-10-8(2-5-11(15)14(17)18)6-13(16)20-12(10)7-9/h3-4,6-7,11H,2,5,15H2,1H3,(H,17,18). The van der Waals surface area contributed by atoms with Gasteiger partial charge in [0.25, 0.3) is 0 Å². The van der Waals surface area contributed by atoms with Crippen LogP contribution in [0.1, 0.15) is 12.0 Å². The van der Waals surface area contributed by atoms with Crippen molar-refractivity contribution in [2.75, 3.05) is 7.11 Å². The molecule has 106 valence electrons. The van der Waals surface area contributed by atoms with Gasteiger partial charge in [-0.1, -0.05) is 0 Å². The topological polar surface area (TPSA) is 103 Å². The summed E-state index contributed by atoms with van der Waals surface area (Å²) < 4.78 is 10.2. The van der Waals surface area contributed by atoms with Crippen LogP contribution in [0, 0.1) is 0 Å². The van der Waals surface area contributed by atoms with Gasteiger partial charge in [-0.05, 0) is 30.5 Å². The van der Waals surface area contributed by atoms with Crippen molar-refractivity contribution in [1.82, 2.24) is 0 Å². The van der Waals surface area contributed by atoms with Crippen LogP contribution >= 0.6 is 0 Å². The number of aryl methyl sites for hydroxylation is 1. The summed E-state index contributed by atoms with van der Waals surface area (Å²) in [6, 6.07) is 5.57. The molecule has 0 saturated heterocycles. The summed E-state index contributed by atoms with van der Waals surface area (Å²) in [5.74, 6) is -0.473. The number of hydrogen-bond acceptors (Lipinski definition) is 5. The highest BCUT2D eigenvalue weighted by atomic mass is 16.5. The van der Waals surface area contributed by atoms with Crippen LogP contribution in [0.25, 0.3) is 11.0 Å². The molecule has 6 nitrogen and oxygen atoms in total. The third kappa shape index (κ3) is 2.97. The molecule has 20 heavy (non-hydrogen) atoms. The van der Waals surface area contributed by atoms with Crippen molar-refractivity contribution in [3.8, 4) is 5.75 Å². The van der Waals surface area contributed by atoms with Gasteiger partial charge in [-0.3, -0.25) is 4.79 Å². The van der Waals surface area contributed by atoms with E-state index >= 15 is 0 Å². The zero-order valence-corrected chi connectivity index (χ0v) is 11.0. The summed E-state index contributed by atoms with van der Waals surface area (Å²) in [7, 11) is 1.52. The quantitative estimate of drug-likeness (QED) is 0.794. The van der Waals surface area contributed by atoms with Gasteiger partial charge in [0.2, 0.25) is 0 Å². The highest BCUT2D eigenvalue weighted by Gasteiger charge is 2.13. The largest absolute Gasteiger partial charge is 0.497 e. The third-order valence-corrected chi connectivity index (χ3v) is 3.08. The van der Waals surface area contributed by atoms with Gasteiger partial charge in [0.15, 0.2) is 0 Å². The predicted molar refractivity (Wildman–Crippen MR) is 73.0 cm³/mol. The minimum atomic E-state index is -1.06. The van der Waals surface area contributed by atoms with Crippen molar-refractivity contribution >= 4 is 16.9 Å². The molecule has 0 saturated carbocycles. The Kier molecular flexibility index (Phi) is 4.05. The number of ether oxygens (including phenoxy) is 1. The van der Waals surface area contributed by atoms with Crippen LogP contribution in [0.2, 0.25) is 0 Å². The van der Waals surface area contributed by atoms with Crippen LogP contribution in [0.3, 0.4) is 0 Å². The molecule has 0 amide bonds. The Balaban J connectivity index is 2.37. The second-order valence-electron chi connectivity index (χ2n) is 4.44. The number of hydrogen-bond donors (Lipinski definition) is 2. The first-order chi connectivity index (χ1) is 9.51. The van der Waals surface area contributed by atoms with E-state index in [2.05, 4.69) is 0 Å². The Hall–Kier alpha value is -2.34. The Morgan fingerprint density at radius 3 is 2.85 bits per heavy atom. The van der Waals surface area contributed by atoms with Crippen molar-refractivity contribution in [1.29, 1.82) is 0 Å². The fourth-order valence-electron chi connectivity index (χ4n) is 1.98. The van der Waals surface area contributed by atoms with E-state index in [0.717, 1.165) is 10.9 Å². The molecular formula is C14H15NO5. The summed E-state index contributed by atoms with van der Waals surface area (Å²) in [5, 5.41) is 9.53. The first kappa shape index (κ1) is 14.1. The molecule has 3 N–H and O–H groups in total. The van der Waals surface area contributed by atoms with Crippen LogP contribution in [-0.4, -0.2) is 24.2 Å². The molecule has 1 atom stereocenters. The third-order valence-electron chi connectivity index (χ3n) is 3.08. The number of benzene rings is 1. The molecule has 0 aliphatic rings. The minimum absolute atomic E-state index is 0.250. The second-order valence-corrected chi connectivity index (χ2v) is 4.44. The van der Waals surface area contributed by atoms with Crippen LogP contribution in [0.15, 0.2) is 33.5 Å². The molecule has 0 radical (unpaired) electrons. The highest BCUT2D eigenvalue weighted by Crippen LogP contribution is 2.23. The number of rotatable bonds is 5. The lowest BCUT2D eigenvalue weighted by atomic mass is 10.0. The number of nitrogens with two attached hydrogens (primary N) is 1. The van der Waals surface area contributed by atoms with E-state index in [4.69, 9.17) is 20.0 Å². The molecule has 2 aromatic rings. The van der Waals surface area contributed by atoms with Gasteiger partial charge in [-0.15, -0.1) is 0 Å². The van der Waals surface area contributed by atoms with E-state index in [9.17, 15) is 9.59 Å². The maximum absolute atomic E-state index is 11.5. The van der Waals surface area contributed by atoms with E-state index < -0.39 is 17.6 Å². The molecule has 0 spiro atoms. The van der Waals surface area contributed by atoms with Crippen LogP contribution < -0.4 is 16.1 Å². The van der Waals surface area contributed by atoms with Gasteiger partial charge in [-0.2, -0.15) is 0 Å². The summed E-state index contributed by atoms with van der Waals surface area (Å²) in [4.78, 5) is 22.2. The van der Waals surface area contributed by atoms with Gasteiger partial charge >= 0.3 is 11.6 Å². The lowest BCUT2D eigenvalue weighted by Gasteiger charge is -2.09.